The molecule has 0 spiro atoms. The quantitative estimate of drug-likeness (QED) is 0.900. The maximum atomic E-state index is 11.6. The number of aromatic nitrogens is 1. The molecule has 20 heavy (non-hydrogen) atoms. The van der Waals surface area contributed by atoms with E-state index in [9.17, 15) is 9.90 Å². The number of nitrogens with one attached hydrogen (secondary N) is 1. The molecule has 0 aliphatic heterocycles. The Labute approximate surface area is 121 Å². The minimum Gasteiger partial charge on any atom is -0.480 e. The normalized spacial score (nSPS) is 18.0. The van der Waals surface area contributed by atoms with Crippen LogP contribution in [0.1, 0.15) is 32.1 Å². The van der Waals surface area contributed by atoms with Crippen molar-refractivity contribution in [2.75, 3.05) is 5.32 Å². The Kier molecular flexibility index (Phi) is 3.87. The van der Waals surface area contributed by atoms with Crippen molar-refractivity contribution in [2.24, 2.45) is 5.92 Å². The van der Waals surface area contributed by atoms with Gasteiger partial charge in [0, 0.05) is 16.3 Å². The first-order chi connectivity index (χ1) is 9.75. The first kappa shape index (κ1) is 13.4. The Morgan fingerprint density at radius 3 is 2.90 bits per heavy atom. The molecule has 1 aliphatic carbocycles. The van der Waals surface area contributed by atoms with Crippen molar-refractivity contribution in [2.45, 2.75) is 38.1 Å². The molecule has 0 bridgehead atoms. The Morgan fingerprint density at radius 1 is 1.35 bits per heavy atom. The van der Waals surface area contributed by atoms with Crippen molar-refractivity contribution in [3.63, 3.8) is 0 Å². The fraction of sp³-hybridized carbons (Fsp3) is 0.467. The van der Waals surface area contributed by atoms with Crippen molar-refractivity contribution < 1.29 is 9.90 Å². The number of hydrogen-bond acceptors (Lipinski definition) is 4. The van der Waals surface area contributed by atoms with Crippen LogP contribution in [-0.2, 0) is 4.79 Å². The van der Waals surface area contributed by atoms with E-state index in [1.807, 2.05) is 17.5 Å². The van der Waals surface area contributed by atoms with E-state index in [0.717, 1.165) is 35.8 Å². The summed E-state index contributed by atoms with van der Waals surface area (Å²) in [4.78, 5) is 15.9. The number of carbonyl (C=O) groups is 1. The highest BCUT2D eigenvalue weighted by molar-refractivity contribution is 7.17. The maximum Gasteiger partial charge on any atom is 0.326 e. The summed E-state index contributed by atoms with van der Waals surface area (Å²) in [6.45, 7) is 0. The molecule has 1 unspecified atom stereocenters. The van der Waals surface area contributed by atoms with Gasteiger partial charge in [-0.15, -0.1) is 11.3 Å². The molecule has 1 fully saturated rings. The van der Waals surface area contributed by atoms with Gasteiger partial charge < -0.3 is 10.4 Å². The van der Waals surface area contributed by atoms with Crippen molar-refractivity contribution >= 4 is 33.2 Å². The maximum absolute atomic E-state index is 11.6. The van der Waals surface area contributed by atoms with E-state index >= 15 is 0 Å². The van der Waals surface area contributed by atoms with Crippen molar-refractivity contribution in [1.29, 1.82) is 0 Å². The number of pyridine rings is 1. The second-order valence-corrected chi connectivity index (χ2v) is 6.30. The lowest BCUT2D eigenvalue weighted by Crippen LogP contribution is -2.38. The van der Waals surface area contributed by atoms with Crippen LogP contribution in [0.5, 0.6) is 0 Å². The lowest BCUT2D eigenvalue weighted by molar-refractivity contribution is -0.139. The number of aliphatic carboxylic acids is 1. The van der Waals surface area contributed by atoms with E-state index in [1.54, 1.807) is 17.5 Å². The van der Waals surface area contributed by atoms with Gasteiger partial charge >= 0.3 is 5.97 Å². The Balaban J connectivity index is 1.85. The standard InChI is InChI=1S/C15H18N2O2S/c18-15(19)13(10-4-2-1-3-5-10)17-14-11-7-9-20-12(11)6-8-16-14/h6-10,13H,1-5H2,(H,16,17)(H,18,19). The topological polar surface area (TPSA) is 62.2 Å². The number of hydrogen-bond donors (Lipinski definition) is 2. The predicted molar refractivity (Wildman–Crippen MR) is 81.2 cm³/mol. The van der Waals surface area contributed by atoms with Gasteiger partial charge in [0.15, 0.2) is 0 Å². The fourth-order valence-corrected chi connectivity index (χ4v) is 3.79. The third kappa shape index (κ3) is 2.63. The molecule has 0 radical (unpaired) electrons. The molecule has 1 aliphatic rings. The van der Waals surface area contributed by atoms with E-state index < -0.39 is 12.0 Å². The smallest absolute Gasteiger partial charge is 0.326 e. The monoisotopic (exact) mass is 290 g/mol. The van der Waals surface area contributed by atoms with Crippen LogP contribution in [0.2, 0.25) is 0 Å². The van der Waals surface area contributed by atoms with Crippen LogP contribution < -0.4 is 5.32 Å². The summed E-state index contributed by atoms with van der Waals surface area (Å²) in [6.07, 6.45) is 7.20. The molecular formula is C15H18N2O2S. The van der Waals surface area contributed by atoms with Gasteiger partial charge in [-0.05, 0) is 36.3 Å². The summed E-state index contributed by atoms with van der Waals surface area (Å²) in [5.74, 6) is 0.129. The Bertz CT molecular complexity index is 605. The minimum absolute atomic E-state index is 0.206. The fourth-order valence-electron chi connectivity index (χ4n) is 3.01. The molecule has 0 saturated heterocycles. The van der Waals surface area contributed by atoms with Crippen LogP contribution in [0.15, 0.2) is 23.7 Å². The van der Waals surface area contributed by atoms with Gasteiger partial charge in [0.25, 0.3) is 0 Å². The summed E-state index contributed by atoms with van der Waals surface area (Å²) in [7, 11) is 0. The molecule has 4 nitrogen and oxygen atoms in total. The highest BCUT2D eigenvalue weighted by Gasteiger charge is 2.29. The van der Waals surface area contributed by atoms with Crippen molar-refractivity contribution in [3.8, 4) is 0 Å². The molecule has 1 saturated carbocycles. The van der Waals surface area contributed by atoms with Gasteiger partial charge in [-0.2, -0.15) is 0 Å². The number of thiophene rings is 1. The summed E-state index contributed by atoms with van der Waals surface area (Å²) >= 11 is 1.65. The van der Waals surface area contributed by atoms with Gasteiger partial charge in [0.2, 0.25) is 0 Å². The minimum atomic E-state index is -0.772. The van der Waals surface area contributed by atoms with Gasteiger partial charge in [-0.3, -0.25) is 0 Å². The van der Waals surface area contributed by atoms with Gasteiger partial charge in [-0.25, -0.2) is 9.78 Å². The average Bonchev–Trinajstić information content (AvgIpc) is 2.94. The largest absolute Gasteiger partial charge is 0.480 e. The molecular weight excluding hydrogens is 272 g/mol. The van der Waals surface area contributed by atoms with Crippen LogP contribution >= 0.6 is 11.3 Å². The van der Waals surface area contributed by atoms with Gasteiger partial charge in [0.1, 0.15) is 11.9 Å². The number of nitrogens with zero attached hydrogens (tertiary/aromatic N) is 1. The first-order valence-corrected chi connectivity index (χ1v) is 7.95. The van der Waals surface area contributed by atoms with Crippen LogP contribution in [-0.4, -0.2) is 22.1 Å². The summed E-state index contributed by atoms with van der Waals surface area (Å²) in [5, 5.41) is 15.7. The number of anilines is 1. The Hall–Kier alpha value is -1.62. The first-order valence-electron chi connectivity index (χ1n) is 7.07. The zero-order valence-electron chi connectivity index (χ0n) is 11.2. The molecule has 2 aromatic heterocycles. The van der Waals surface area contributed by atoms with E-state index in [1.165, 1.54) is 6.42 Å². The van der Waals surface area contributed by atoms with Crippen LogP contribution in [0, 0.1) is 5.92 Å². The highest BCUT2D eigenvalue weighted by Crippen LogP contribution is 2.31. The molecule has 1 atom stereocenters. The Morgan fingerprint density at radius 2 is 2.15 bits per heavy atom. The van der Waals surface area contributed by atoms with E-state index in [-0.39, 0.29) is 5.92 Å². The predicted octanol–water partition coefficient (Wildman–Crippen LogP) is 3.74. The molecule has 5 heteroatoms. The lowest BCUT2D eigenvalue weighted by Gasteiger charge is -2.28. The summed E-state index contributed by atoms with van der Waals surface area (Å²) in [5.41, 5.74) is 0. The van der Waals surface area contributed by atoms with Crippen LogP contribution in [0.3, 0.4) is 0 Å². The third-order valence-electron chi connectivity index (χ3n) is 4.06. The van der Waals surface area contributed by atoms with E-state index in [4.69, 9.17) is 0 Å². The third-order valence-corrected chi connectivity index (χ3v) is 4.94. The summed E-state index contributed by atoms with van der Waals surface area (Å²) < 4.78 is 1.13. The zero-order valence-corrected chi connectivity index (χ0v) is 12.0. The van der Waals surface area contributed by atoms with Gasteiger partial charge in [0.05, 0.1) is 0 Å². The molecule has 3 rings (SSSR count). The molecule has 2 N–H and O–H groups in total. The molecule has 0 amide bonds. The molecule has 106 valence electrons. The molecule has 0 aromatic carbocycles. The number of carboxylic acids is 1. The molecule has 2 aromatic rings. The highest BCUT2D eigenvalue weighted by atomic mass is 32.1. The lowest BCUT2D eigenvalue weighted by atomic mass is 9.84. The van der Waals surface area contributed by atoms with Gasteiger partial charge in [-0.1, -0.05) is 19.3 Å². The van der Waals surface area contributed by atoms with Crippen LogP contribution in [0.25, 0.3) is 10.1 Å². The molecule has 2 heterocycles. The number of carboxylic acid groups (broad SMARTS) is 1. The number of fused-ring (bicyclic) bond motifs is 1. The SMILES string of the molecule is O=C(O)C(Nc1nccc2sccc12)C1CCCCC1. The van der Waals surface area contributed by atoms with Crippen molar-refractivity contribution in [1.82, 2.24) is 4.98 Å². The van der Waals surface area contributed by atoms with Crippen LogP contribution in [0.4, 0.5) is 5.82 Å². The zero-order chi connectivity index (χ0) is 13.9. The summed E-state index contributed by atoms with van der Waals surface area (Å²) in [6, 6.07) is 3.42. The number of rotatable bonds is 4. The van der Waals surface area contributed by atoms with Crippen molar-refractivity contribution in [3.05, 3.63) is 23.7 Å². The average molecular weight is 290 g/mol. The second-order valence-electron chi connectivity index (χ2n) is 5.35. The second kappa shape index (κ2) is 5.79. The van der Waals surface area contributed by atoms with E-state index in [2.05, 4.69) is 10.3 Å². The van der Waals surface area contributed by atoms with E-state index in [0.29, 0.717) is 5.82 Å².